The van der Waals surface area contributed by atoms with Crippen molar-refractivity contribution in [3.63, 3.8) is 0 Å². The Morgan fingerprint density at radius 3 is 2.92 bits per heavy atom. The highest BCUT2D eigenvalue weighted by atomic mass is 16.5. The molecule has 2 N–H and O–H groups in total. The Hall–Kier alpha value is -0.900. The van der Waals surface area contributed by atoms with Crippen molar-refractivity contribution in [1.29, 1.82) is 0 Å². The van der Waals surface area contributed by atoms with E-state index in [9.17, 15) is 0 Å². The molecule has 12 heavy (non-hydrogen) atoms. The normalized spacial score (nSPS) is 30.8. The third-order valence-electron chi connectivity index (χ3n) is 2.17. The summed E-state index contributed by atoms with van der Waals surface area (Å²) in [6.07, 6.45) is 0. The predicted molar refractivity (Wildman–Crippen MR) is 46.5 cm³/mol. The smallest absolute Gasteiger partial charge is 0.207 e. The fourth-order valence-electron chi connectivity index (χ4n) is 1.52. The molecule has 0 atom stereocenters. The van der Waals surface area contributed by atoms with Gasteiger partial charge in [-0.3, -0.25) is 4.90 Å². The fraction of sp³-hybridized carbons (Fsp3) is 0.750. The van der Waals surface area contributed by atoms with E-state index in [1.807, 2.05) is 0 Å². The van der Waals surface area contributed by atoms with Crippen molar-refractivity contribution in [1.82, 2.24) is 15.5 Å². The highest BCUT2D eigenvalue weighted by molar-refractivity contribution is 5.11. The summed E-state index contributed by atoms with van der Waals surface area (Å²) < 4.78 is 5.42. The summed E-state index contributed by atoms with van der Waals surface area (Å²) in [5, 5.41) is 6.56. The summed E-state index contributed by atoms with van der Waals surface area (Å²) in [5.41, 5.74) is 1.20. The molecule has 0 bridgehead atoms. The van der Waals surface area contributed by atoms with Gasteiger partial charge in [0.05, 0.1) is 12.2 Å². The maximum atomic E-state index is 5.42. The molecule has 0 aromatic heterocycles. The maximum absolute atomic E-state index is 5.42. The van der Waals surface area contributed by atoms with Gasteiger partial charge in [0.25, 0.3) is 0 Å². The van der Waals surface area contributed by atoms with Crippen LogP contribution in [0.15, 0.2) is 11.6 Å². The van der Waals surface area contributed by atoms with Gasteiger partial charge in [0, 0.05) is 19.6 Å². The van der Waals surface area contributed by atoms with Crippen LogP contribution in [0.3, 0.4) is 0 Å². The van der Waals surface area contributed by atoms with Gasteiger partial charge in [0.15, 0.2) is 0 Å². The first-order chi connectivity index (χ1) is 5.86. The van der Waals surface area contributed by atoms with Gasteiger partial charge in [-0.1, -0.05) is 0 Å². The van der Waals surface area contributed by atoms with Crippen LogP contribution in [-0.4, -0.2) is 44.7 Å². The third kappa shape index (κ3) is 1.48. The van der Waals surface area contributed by atoms with E-state index in [2.05, 4.69) is 22.6 Å². The van der Waals surface area contributed by atoms with Crippen LogP contribution >= 0.6 is 0 Å². The van der Waals surface area contributed by atoms with E-state index in [0.29, 0.717) is 0 Å². The molecule has 0 aliphatic carbocycles. The number of likely N-dealkylation sites (N-methyl/N-ethyl adjacent to an activating group) is 1. The molecule has 0 spiro atoms. The Balaban J connectivity index is 2.05. The number of hydrogen-bond donors (Lipinski definition) is 2. The number of ether oxygens (including phenoxy) is 1. The van der Waals surface area contributed by atoms with Crippen LogP contribution in [0.25, 0.3) is 0 Å². The Labute approximate surface area is 72.6 Å². The molecule has 2 aliphatic rings. The van der Waals surface area contributed by atoms with Crippen molar-refractivity contribution in [3.8, 4) is 0 Å². The predicted octanol–water partition coefficient (Wildman–Crippen LogP) is -0.690. The summed E-state index contributed by atoms with van der Waals surface area (Å²) in [4.78, 5) is 2.28. The first-order valence-corrected chi connectivity index (χ1v) is 4.38. The molecule has 68 valence electrons. The van der Waals surface area contributed by atoms with Gasteiger partial charge < -0.3 is 15.4 Å². The molecule has 0 radical (unpaired) electrons. The minimum atomic E-state index is 0.796. The molecular weight excluding hydrogens is 154 g/mol. The second-order valence-corrected chi connectivity index (χ2v) is 3.25. The van der Waals surface area contributed by atoms with Gasteiger partial charge in [-0.05, 0) is 7.05 Å². The topological polar surface area (TPSA) is 36.5 Å². The molecule has 0 aromatic rings. The second-order valence-electron chi connectivity index (χ2n) is 3.25. The molecule has 0 unspecified atom stereocenters. The third-order valence-corrected chi connectivity index (χ3v) is 2.17. The van der Waals surface area contributed by atoms with Gasteiger partial charge in [-0.15, -0.1) is 0 Å². The van der Waals surface area contributed by atoms with Crippen LogP contribution in [0.2, 0.25) is 0 Å². The number of nitrogens with one attached hydrogen (secondary N) is 2. The fourth-order valence-corrected chi connectivity index (χ4v) is 1.52. The molecule has 4 heteroatoms. The molecule has 2 heterocycles. The lowest BCUT2D eigenvalue weighted by molar-refractivity contribution is 0.242. The minimum absolute atomic E-state index is 0.796. The number of piperazine rings is 1. The highest BCUT2D eigenvalue weighted by Crippen LogP contribution is 2.08. The molecule has 2 aliphatic heterocycles. The Morgan fingerprint density at radius 1 is 1.33 bits per heavy atom. The molecule has 2 fully saturated rings. The number of rotatable bonds is 0. The van der Waals surface area contributed by atoms with Crippen LogP contribution in [0, 0.1) is 0 Å². The summed E-state index contributed by atoms with van der Waals surface area (Å²) in [6, 6.07) is 0. The van der Waals surface area contributed by atoms with Crippen molar-refractivity contribution in [2.45, 2.75) is 0 Å². The summed E-state index contributed by atoms with van der Waals surface area (Å²) in [5.74, 6) is 0.946. The Bertz CT molecular complexity index is 194. The average molecular weight is 169 g/mol. The monoisotopic (exact) mass is 169 g/mol. The van der Waals surface area contributed by atoms with E-state index >= 15 is 0 Å². The van der Waals surface area contributed by atoms with Crippen molar-refractivity contribution in [3.05, 3.63) is 11.6 Å². The average Bonchev–Trinajstić information content (AvgIpc) is 2.56. The van der Waals surface area contributed by atoms with Gasteiger partial charge in [0.1, 0.15) is 6.61 Å². The lowest BCUT2D eigenvalue weighted by Gasteiger charge is -2.26. The van der Waals surface area contributed by atoms with Crippen LogP contribution < -0.4 is 10.6 Å². The molecule has 0 amide bonds. The van der Waals surface area contributed by atoms with Gasteiger partial charge in [0.2, 0.25) is 5.88 Å². The number of nitrogens with zero attached hydrogens (tertiary/aromatic N) is 1. The maximum Gasteiger partial charge on any atom is 0.207 e. The summed E-state index contributed by atoms with van der Waals surface area (Å²) in [6.45, 7) is 4.81. The molecule has 0 saturated carbocycles. The molecule has 2 saturated heterocycles. The molecule has 2 rings (SSSR count). The van der Waals surface area contributed by atoms with Crippen molar-refractivity contribution in [2.24, 2.45) is 0 Å². The van der Waals surface area contributed by atoms with Crippen LogP contribution in [0.4, 0.5) is 0 Å². The van der Waals surface area contributed by atoms with E-state index in [0.717, 1.165) is 38.7 Å². The lowest BCUT2D eigenvalue weighted by atomic mass is 10.3. The van der Waals surface area contributed by atoms with E-state index in [1.54, 1.807) is 0 Å². The van der Waals surface area contributed by atoms with Gasteiger partial charge >= 0.3 is 0 Å². The lowest BCUT2D eigenvalue weighted by Crippen LogP contribution is -2.41. The minimum Gasteiger partial charge on any atom is -0.476 e. The zero-order chi connectivity index (χ0) is 8.39. The quantitative estimate of drug-likeness (QED) is 0.503. The zero-order valence-electron chi connectivity index (χ0n) is 7.39. The standard InChI is InChI=1S/C8H15N3O/c1-11-4-2-9-7(6-11)8-10-3-5-12-8/h9-10H,2-6H2,1H3/b8-7+. The molecular formula is C8H15N3O. The van der Waals surface area contributed by atoms with E-state index in [-0.39, 0.29) is 0 Å². The first kappa shape index (κ1) is 7.73. The molecule has 4 nitrogen and oxygen atoms in total. The molecule has 0 aromatic carbocycles. The Morgan fingerprint density at radius 2 is 2.25 bits per heavy atom. The second kappa shape index (κ2) is 3.23. The van der Waals surface area contributed by atoms with Crippen LogP contribution in [-0.2, 0) is 4.74 Å². The zero-order valence-corrected chi connectivity index (χ0v) is 7.39. The highest BCUT2D eigenvalue weighted by Gasteiger charge is 2.17. The Kier molecular flexibility index (Phi) is 2.08. The van der Waals surface area contributed by atoms with E-state index in [1.165, 1.54) is 5.70 Å². The first-order valence-electron chi connectivity index (χ1n) is 4.38. The largest absolute Gasteiger partial charge is 0.476 e. The SMILES string of the molecule is CN1CCN/C(=C2\NCCO2)C1. The van der Waals surface area contributed by atoms with Crippen molar-refractivity contribution < 1.29 is 4.74 Å². The number of hydrogen-bond acceptors (Lipinski definition) is 4. The van der Waals surface area contributed by atoms with Crippen LogP contribution in [0.5, 0.6) is 0 Å². The summed E-state index contributed by atoms with van der Waals surface area (Å²) >= 11 is 0. The van der Waals surface area contributed by atoms with E-state index in [4.69, 9.17) is 4.74 Å². The van der Waals surface area contributed by atoms with Crippen molar-refractivity contribution in [2.75, 3.05) is 39.8 Å². The van der Waals surface area contributed by atoms with Crippen molar-refractivity contribution >= 4 is 0 Å². The van der Waals surface area contributed by atoms with Crippen LogP contribution in [0.1, 0.15) is 0 Å². The van der Waals surface area contributed by atoms with E-state index < -0.39 is 0 Å². The van der Waals surface area contributed by atoms with Gasteiger partial charge in [-0.25, -0.2) is 0 Å². The summed E-state index contributed by atoms with van der Waals surface area (Å²) in [7, 11) is 2.12. The van der Waals surface area contributed by atoms with Gasteiger partial charge in [-0.2, -0.15) is 0 Å².